The lowest BCUT2D eigenvalue weighted by molar-refractivity contribution is 0.693. The van der Waals surface area contributed by atoms with E-state index in [1.165, 1.54) is 11.1 Å². The van der Waals surface area contributed by atoms with E-state index in [9.17, 15) is 0 Å². The lowest BCUT2D eigenvalue weighted by Crippen LogP contribution is -2.21. The van der Waals surface area contributed by atoms with Crippen molar-refractivity contribution in [3.8, 4) is 11.1 Å². The van der Waals surface area contributed by atoms with Crippen LogP contribution in [0.15, 0.2) is 66.9 Å². The Labute approximate surface area is 142 Å². The molecule has 1 unspecified atom stereocenters. The fraction of sp³-hybridized carbons (Fsp3) is 0.150. The van der Waals surface area contributed by atoms with Crippen LogP contribution in [0.3, 0.4) is 0 Å². The number of pyridine rings is 1. The molecule has 0 aliphatic rings. The summed E-state index contributed by atoms with van der Waals surface area (Å²) in [6, 6.07) is 20.8. The lowest BCUT2D eigenvalue weighted by Gasteiger charge is -2.22. The highest BCUT2D eigenvalue weighted by atomic mass is 14.9. The first-order valence-corrected chi connectivity index (χ1v) is 7.99. The molecule has 0 amide bonds. The van der Waals surface area contributed by atoms with Crippen molar-refractivity contribution in [2.75, 3.05) is 25.1 Å². The Kier molecular flexibility index (Phi) is 4.77. The second-order valence-electron chi connectivity index (χ2n) is 5.62. The maximum absolute atomic E-state index is 6.14. The number of nitrogens with one attached hydrogen (secondary N) is 2. The number of benzene rings is 2. The van der Waals surface area contributed by atoms with Gasteiger partial charge in [0.05, 0.1) is 6.04 Å². The SMILES string of the molecule is CNc1ccnc(N)c1C(NC)c1ccc(-c2ccccc2)cc1. The number of hydrogen-bond donors (Lipinski definition) is 3. The average molecular weight is 318 g/mol. The molecule has 0 saturated heterocycles. The molecule has 1 atom stereocenters. The van der Waals surface area contributed by atoms with Gasteiger partial charge in [0, 0.05) is 24.5 Å². The zero-order valence-corrected chi connectivity index (χ0v) is 14.0. The van der Waals surface area contributed by atoms with Crippen LogP contribution in [0.25, 0.3) is 11.1 Å². The Hall–Kier alpha value is -2.85. The first-order valence-electron chi connectivity index (χ1n) is 7.99. The quantitative estimate of drug-likeness (QED) is 0.671. The number of anilines is 2. The molecule has 0 fully saturated rings. The Morgan fingerprint density at radius 2 is 1.54 bits per heavy atom. The molecule has 0 bridgehead atoms. The summed E-state index contributed by atoms with van der Waals surface area (Å²) >= 11 is 0. The van der Waals surface area contributed by atoms with Crippen molar-refractivity contribution in [1.29, 1.82) is 0 Å². The van der Waals surface area contributed by atoms with Crippen LogP contribution in [0.4, 0.5) is 11.5 Å². The van der Waals surface area contributed by atoms with Gasteiger partial charge in [0.1, 0.15) is 5.82 Å². The average Bonchev–Trinajstić information content (AvgIpc) is 2.65. The maximum Gasteiger partial charge on any atom is 0.130 e. The van der Waals surface area contributed by atoms with Gasteiger partial charge in [0.2, 0.25) is 0 Å². The Morgan fingerprint density at radius 3 is 2.17 bits per heavy atom. The fourth-order valence-electron chi connectivity index (χ4n) is 2.99. The highest BCUT2D eigenvalue weighted by molar-refractivity contribution is 5.66. The predicted molar refractivity (Wildman–Crippen MR) is 101 cm³/mol. The van der Waals surface area contributed by atoms with E-state index < -0.39 is 0 Å². The zero-order chi connectivity index (χ0) is 16.9. The first-order chi connectivity index (χ1) is 11.7. The molecule has 4 nitrogen and oxygen atoms in total. The van der Waals surface area contributed by atoms with E-state index in [4.69, 9.17) is 5.73 Å². The van der Waals surface area contributed by atoms with Gasteiger partial charge in [-0.05, 0) is 29.8 Å². The Bertz CT molecular complexity index is 798. The van der Waals surface area contributed by atoms with Crippen molar-refractivity contribution < 1.29 is 0 Å². The standard InChI is InChI=1S/C20H22N4/c1-22-17-12-13-24-20(21)18(17)19(23-2)16-10-8-15(9-11-16)14-6-4-3-5-7-14/h3-13,19,23H,1-2H3,(H3,21,22,24). The van der Waals surface area contributed by atoms with E-state index in [0.717, 1.165) is 16.8 Å². The van der Waals surface area contributed by atoms with Crippen molar-refractivity contribution in [2.45, 2.75) is 6.04 Å². The van der Waals surface area contributed by atoms with Crippen LogP contribution < -0.4 is 16.4 Å². The molecule has 0 aliphatic carbocycles. The van der Waals surface area contributed by atoms with Crippen molar-refractivity contribution in [1.82, 2.24) is 10.3 Å². The van der Waals surface area contributed by atoms with Gasteiger partial charge >= 0.3 is 0 Å². The van der Waals surface area contributed by atoms with Crippen molar-refractivity contribution in [3.05, 3.63) is 78.0 Å². The molecule has 1 aromatic heterocycles. The van der Waals surface area contributed by atoms with Gasteiger partial charge in [-0.2, -0.15) is 0 Å². The third-order valence-electron chi connectivity index (χ3n) is 4.22. The van der Waals surface area contributed by atoms with Gasteiger partial charge in [0.25, 0.3) is 0 Å². The minimum absolute atomic E-state index is 0.0222. The summed E-state index contributed by atoms with van der Waals surface area (Å²) in [5.74, 6) is 0.535. The van der Waals surface area contributed by atoms with Gasteiger partial charge in [-0.3, -0.25) is 0 Å². The summed E-state index contributed by atoms with van der Waals surface area (Å²) in [5.41, 5.74) is 11.6. The third kappa shape index (κ3) is 3.09. The first kappa shape index (κ1) is 16.0. The predicted octanol–water partition coefficient (Wildman–Crippen LogP) is 3.68. The number of nitrogens with zero attached hydrogens (tertiary/aromatic N) is 1. The summed E-state index contributed by atoms with van der Waals surface area (Å²) in [7, 11) is 3.82. The summed E-state index contributed by atoms with van der Waals surface area (Å²) in [6.45, 7) is 0. The molecule has 3 aromatic rings. The molecular formula is C20H22N4. The molecular weight excluding hydrogens is 296 g/mol. The van der Waals surface area contributed by atoms with Crippen LogP contribution in [-0.4, -0.2) is 19.1 Å². The van der Waals surface area contributed by atoms with E-state index in [1.54, 1.807) is 6.20 Å². The highest BCUT2D eigenvalue weighted by Gasteiger charge is 2.19. The molecule has 3 rings (SSSR count). The summed E-state index contributed by atoms with van der Waals surface area (Å²) < 4.78 is 0. The number of nitrogens with two attached hydrogens (primary N) is 1. The molecule has 0 radical (unpaired) electrons. The van der Waals surface area contributed by atoms with Crippen molar-refractivity contribution in [2.24, 2.45) is 0 Å². The van der Waals surface area contributed by atoms with Crippen LogP contribution in [0.1, 0.15) is 17.2 Å². The van der Waals surface area contributed by atoms with E-state index in [1.807, 2.05) is 26.2 Å². The van der Waals surface area contributed by atoms with Gasteiger partial charge in [0.15, 0.2) is 0 Å². The molecule has 1 heterocycles. The number of hydrogen-bond acceptors (Lipinski definition) is 4. The van der Waals surface area contributed by atoms with E-state index in [0.29, 0.717) is 5.82 Å². The Morgan fingerprint density at radius 1 is 0.875 bits per heavy atom. The van der Waals surface area contributed by atoms with Crippen molar-refractivity contribution in [3.63, 3.8) is 0 Å². The molecule has 0 spiro atoms. The molecule has 122 valence electrons. The zero-order valence-electron chi connectivity index (χ0n) is 14.0. The molecule has 24 heavy (non-hydrogen) atoms. The molecule has 4 N–H and O–H groups in total. The normalized spacial score (nSPS) is 11.9. The van der Waals surface area contributed by atoms with Crippen LogP contribution in [0.5, 0.6) is 0 Å². The largest absolute Gasteiger partial charge is 0.388 e. The molecule has 0 saturated carbocycles. The molecule has 0 aliphatic heterocycles. The summed E-state index contributed by atoms with van der Waals surface area (Å²) in [6.07, 6.45) is 1.72. The smallest absolute Gasteiger partial charge is 0.130 e. The third-order valence-corrected chi connectivity index (χ3v) is 4.22. The maximum atomic E-state index is 6.14. The van der Waals surface area contributed by atoms with Crippen LogP contribution in [0.2, 0.25) is 0 Å². The number of rotatable bonds is 5. The second-order valence-corrected chi connectivity index (χ2v) is 5.62. The van der Waals surface area contributed by atoms with Crippen LogP contribution in [-0.2, 0) is 0 Å². The number of aromatic nitrogens is 1. The van der Waals surface area contributed by atoms with Gasteiger partial charge in [-0.1, -0.05) is 54.6 Å². The topological polar surface area (TPSA) is 63.0 Å². The summed E-state index contributed by atoms with van der Waals surface area (Å²) in [4.78, 5) is 4.25. The monoisotopic (exact) mass is 318 g/mol. The van der Waals surface area contributed by atoms with Crippen LogP contribution in [0, 0.1) is 0 Å². The van der Waals surface area contributed by atoms with Gasteiger partial charge in [-0.25, -0.2) is 4.98 Å². The summed E-state index contributed by atoms with van der Waals surface area (Å²) in [5, 5.41) is 6.55. The van der Waals surface area contributed by atoms with Crippen LogP contribution >= 0.6 is 0 Å². The molecule has 4 heteroatoms. The lowest BCUT2D eigenvalue weighted by atomic mass is 9.95. The number of nitrogen functional groups attached to an aromatic ring is 1. The minimum atomic E-state index is -0.0222. The highest BCUT2D eigenvalue weighted by Crippen LogP contribution is 2.32. The van der Waals surface area contributed by atoms with Gasteiger partial charge in [-0.15, -0.1) is 0 Å². The van der Waals surface area contributed by atoms with Crippen molar-refractivity contribution >= 4 is 11.5 Å². The minimum Gasteiger partial charge on any atom is -0.388 e. The van der Waals surface area contributed by atoms with E-state index in [-0.39, 0.29) is 6.04 Å². The van der Waals surface area contributed by atoms with E-state index >= 15 is 0 Å². The van der Waals surface area contributed by atoms with E-state index in [2.05, 4.69) is 64.1 Å². The fourth-order valence-corrected chi connectivity index (χ4v) is 2.99. The molecule has 2 aromatic carbocycles. The Balaban J connectivity index is 1.98. The second kappa shape index (κ2) is 7.15. The van der Waals surface area contributed by atoms with Gasteiger partial charge < -0.3 is 16.4 Å².